The Labute approximate surface area is 126 Å². The van der Waals surface area contributed by atoms with Crippen LogP contribution in [0.5, 0.6) is 0 Å². The summed E-state index contributed by atoms with van der Waals surface area (Å²) in [4.78, 5) is 25.3. The number of aliphatic hydroxyl groups excluding tert-OH is 1. The standard InChI is InChI=1S/C15H16BrNO3/c1-10(18)13(16)8-4-5-9-17-14(19)11-6-2-3-7-12(11)15(17)20/h2-3,6-7,13,18H,1,4-5,8-9H2. The largest absolute Gasteiger partial charge is 0.512 e. The Morgan fingerprint density at radius 2 is 1.75 bits per heavy atom. The second kappa shape index (κ2) is 6.22. The van der Waals surface area contributed by atoms with Gasteiger partial charge >= 0.3 is 0 Å². The molecule has 1 N–H and O–H groups in total. The number of hydrogen-bond acceptors (Lipinski definition) is 3. The molecule has 0 aromatic heterocycles. The minimum atomic E-state index is -0.215. The molecule has 0 radical (unpaired) electrons. The summed E-state index contributed by atoms with van der Waals surface area (Å²) in [7, 11) is 0. The fourth-order valence-corrected chi connectivity index (χ4v) is 2.53. The third-order valence-electron chi connectivity index (χ3n) is 3.33. The number of benzene rings is 1. The molecule has 2 rings (SSSR count). The summed E-state index contributed by atoms with van der Waals surface area (Å²) < 4.78 is 0. The lowest BCUT2D eigenvalue weighted by atomic mass is 10.1. The van der Waals surface area contributed by atoms with Crippen LogP contribution in [0, 0.1) is 0 Å². The third-order valence-corrected chi connectivity index (χ3v) is 4.32. The Bertz CT molecular complexity index is 521. The van der Waals surface area contributed by atoms with Crippen LogP contribution in [0.4, 0.5) is 0 Å². The quantitative estimate of drug-likeness (QED) is 0.375. The number of carbonyl (C=O) groups excluding carboxylic acids is 2. The summed E-state index contributed by atoms with van der Waals surface area (Å²) in [6.07, 6.45) is 2.22. The van der Waals surface area contributed by atoms with E-state index in [2.05, 4.69) is 22.5 Å². The highest BCUT2D eigenvalue weighted by Gasteiger charge is 2.34. The second-order valence-electron chi connectivity index (χ2n) is 4.76. The zero-order valence-electron chi connectivity index (χ0n) is 11.0. The summed E-state index contributed by atoms with van der Waals surface area (Å²) in [5, 5.41) is 9.17. The molecule has 4 nitrogen and oxygen atoms in total. The first-order chi connectivity index (χ1) is 9.52. The van der Waals surface area contributed by atoms with Gasteiger partial charge < -0.3 is 5.11 Å². The van der Waals surface area contributed by atoms with Crippen molar-refractivity contribution >= 4 is 27.7 Å². The van der Waals surface area contributed by atoms with E-state index >= 15 is 0 Å². The number of allylic oxidation sites excluding steroid dienone is 1. The molecule has 0 saturated heterocycles. The number of nitrogens with zero attached hydrogens (tertiary/aromatic N) is 1. The number of amides is 2. The van der Waals surface area contributed by atoms with E-state index in [4.69, 9.17) is 0 Å². The van der Waals surface area contributed by atoms with Gasteiger partial charge in [0.15, 0.2) is 0 Å². The third kappa shape index (κ3) is 2.93. The van der Waals surface area contributed by atoms with E-state index < -0.39 is 0 Å². The van der Waals surface area contributed by atoms with Crippen molar-refractivity contribution in [3.05, 3.63) is 47.7 Å². The number of unbranched alkanes of at least 4 members (excludes halogenated alkanes) is 1. The highest BCUT2D eigenvalue weighted by atomic mass is 79.9. The van der Waals surface area contributed by atoms with Crippen molar-refractivity contribution in [2.75, 3.05) is 6.54 Å². The Hall–Kier alpha value is -1.62. The normalized spacial score (nSPS) is 15.3. The monoisotopic (exact) mass is 337 g/mol. The summed E-state index contributed by atoms with van der Waals surface area (Å²) in [6.45, 7) is 3.86. The van der Waals surface area contributed by atoms with Gasteiger partial charge in [-0.25, -0.2) is 0 Å². The molecule has 106 valence electrons. The zero-order valence-corrected chi connectivity index (χ0v) is 12.6. The number of halogens is 1. The van der Waals surface area contributed by atoms with Gasteiger partial charge in [-0.3, -0.25) is 14.5 Å². The molecule has 5 heteroatoms. The molecule has 1 aliphatic rings. The summed E-state index contributed by atoms with van der Waals surface area (Å²) in [5.74, 6) is -0.328. The number of hydrogen-bond donors (Lipinski definition) is 1. The average Bonchev–Trinajstić information content (AvgIpc) is 2.68. The second-order valence-corrected chi connectivity index (χ2v) is 5.87. The van der Waals surface area contributed by atoms with E-state index in [9.17, 15) is 14.7 Å². The fraction of sp³-hybridized carbons (Fsp3) is 0.333. The van der Waals surface area contributed by atoms with E-state index in [0.29, 0.717) is 24.1 Å². The smallest absolute Gasteiger partial charge is 0.261 e. The molecule has 1 atom stereocenters. The predicted molar refractivity (Wildman–Crippen MR) is 80.1 cm³/mol. The van der Waals surface area contributed by atoms with Gasteiger partial charge in [-0.1, -0.05) is 41.1 Å². The first-order valence-corrected chi connectivity index (χ1v) is 7.41. The lowest BCUT2D eigenvalue weighted by Gasteiger charge is -2.14. The van der Waals surface area contributed by atoms with Crippen molar-refractivity contribution in [3.8, 4) is 0 Å². The van der Waals surface area contributed by atoms with E-state index in [1.54, 1.807) is 24.3 Å². The van der Waals surface area contributed by atoms with Crippen LogP contribution in [0.3, 0.4) is 0 Å². The van der Waals surface area contributed by atoms with Crippen molar-refractivity contribution in [1.82, 2.24) is 4.90 Å². The van der Waals surface area contributed by atoms with Crippen molar-refractivity contribution in [2.24, 2.45) is 0 Å². The molecule has 0 spiro atoms. The summed E-state index contributed by atoms with van der Waals surface area (Å²) in [5.41, 5.74) is 0.971. The highest BCUT2D eigenvalue weighted by molar-refractivity contribution is 9.09. The van der Waals surface area contributed by atoms with Crippen LogP contribution in [0.25, 0.3) is 0 Å². The van der Waals surface area contributed by atoms with Gasteiger partial charge in [-0.05, 0) is 25.0 Å². The maximum Gasteiger partial charge on any atom is 0.261 e. The summed E-state index contributed by atoms with van der Waals surface area (Å²) in [6, 6.07) is 6.88. The fourth-order valence-electron chi connectivity index (χ4n) is 2.20. The molecule has 0 bridgehead atoms. The maximum atomic E-state index is 12.1. The molecule has 1 unspecified atom stereocenters. The number of carbonyl (C=O) groups is 2. The molecule has 2 amide bonds. The van der Waals surface area contributed by atoms with Gasteiger partial charge in [0, 0.05) is 6.54 Å². The lowest BCUT2D eigenvalue weighted by Crippen LogP contribution is -2.30. The number of fused-ring (bicyclic) bond motifs is 1. The molecular formula is C15H16BrNO3. The van der Waals surface area contributed by atoms with E-state index in [1.807, 2.05) is 0 Å². The Morgan fingerprint density at radius 1 is 1.20 bits per heavy atom. The average molecular weight is 338 g/mol. The van der Waals surface area contributed by atoms with Crippen molar-refractivity contribution in [2.45, 2.75) is 24.1 Å². The molecular weight excluding hydrogens is 322 g/mol. The van der Waals surface area contributed by atoms with Crippen LogP contribution in [0.1, 0.15) is 40.0 Å². The minimum Gasteiger partial charge on any atom is -0.512 e. The van der Waals surface area contributed by atoms with Gasteiger partial charge in [0.1, 0.15) is 0 Å². The molecule has 1 aromatic carbocycles. The summed E-state index contributed by atoms with van der Waals surface area (Å²) >= 11 is 3.31. The first kappa shape index (κ1) is 14.8. The van der Waals surface area contributed by atoms with Gasteiger partial charge in [0.05, 0.1) is 21.7 Å². The molecule has 1 aromatic rings. The molecule has 0 saturated carbocycles. The lowest BCUT2D eigenvalue weighted by molar-refractivity contribution is 0.0651. The highest BCUT2D eigenvalue weighted by Crippen LogP contribution is 2.23. The number of aliphatic hydroxyl groups is 1. The Balaban J connectivity index is 1.88. The van der Waals surface area contributed by atoms with Gasteiger partial charge in [0.25, 0.3) is 11.8 Å². The van der Waals surface area contributed by atoms with E-state index in [-0.39, 0.29) is 22.4 Å². The molecule has 20 heavy (non-hydrogen) atoms. The predicted octanol–water partition coefficient (Wildman–Crippen LogP) is 3.29. The number of imide groups is 1. The molecule has 1 aliphatic heterocycles. The molecule has 0 aliphatic carbocycles. The van der Waals surface area contributed by atoms with Crippen LogP contribution in [0.2, 0.25) is 0 Å². The van der Waals surface area contributed by atoms with Crippen LogP contribution < -0.4 is 0 Å². The van der Waals surface area contributed by atoms with E-state index in [1.165, 1.54) is 4.90 Å². The van der Waals surface area contributed by atoms with Gasteiger partial charge in [-0.2, -0.15) is 0 Å². The molecule has 0 fully saturated rings. The Morgan fingerprint density at radius 3 is 2.25 bits per heavy atom. The first-order valence-electron chi connectivity index (χ1n) is 6.49. The topological polar surface area (TPSA) is 57.6 Å². The van der Waals surface area contributed by atoms with Crippen molar-refractivity contribution in [1.29, 1.82) is 0 Å². The number of rotatable bonds is 6. The van der Waals surface area contributed by atoms with Crippen LogP contribution in [-0.4, -0.2) is 33.2 Å². The van der Waals surface area contributed by atoms with Crippen LogP contribution in [0.15, 0.2) is 36.6 Å². The Kier molecular flexibility index (Phi) is 4.60. The van der Waals surface area contributed by atoms with Crippen molar-refractivity contribution in [3.63, 3.8) is 0 Å². The van der Waals surface area contributed by atoms with Crippen molar-refractivity contribution < 1.29 is 14.7 Å². The van der Waals surface area contributed by atoms with Gasteiger partial charge in [-0.15, -0.1) is 0 Å². The van der Waals surface area contributed by atoms with Gasteiger partial charge in [0.2, 0.25) is 0 Å². The van der Waals surface area contributed by atoms with E-state index in [0.717, 1.165) is 12.8 Å². The number of alkyl halides is 1. The SMILES string of the molecule is C=C(O)C(Br)CCCCN1C(=O)c2ccccc2C1=O. The minimum absolute atomic E-state index is 0.103. The maximum absolute atomic E-state index is 12.1. The van der Waals surface area contributed by atoms with Crippen LogP contribution >= 0.6 is 15.9 Å². The molecule has 1 heterocycles. The zero-order chi connectivity index (χ0) is 14.7. The van der Waals surface area contributed by atoms with Crippen LogP contribution in [-0.2, 0) is 0 Å².